The number of hydrogen-bond acceptors (Lipinski definition) is 3. The summed E-state index contributed by atoms with van der Waals surface area (Å²) < 4.78 is 6.53. The van der Waals surface area contributed by atoms with Crippen LogP contribution in [0.25, 0.3) is 0 Å². The zero-order chi connectivity index (χ0) is 13.0. The first-order chi connectivity index (χ1) is 8.65. The van der Waals surface area contributed by atoms with Crippen molar-refractivity contribution in [3.05, 3.63) is 34.3 Å². The van der Waals surface area contributed by atoms with Crippen molar-refractivity contribution in [3.8, 4) is 0 Å². The van der Waals surface area contributed by atoms with Gasteiger partial charge in [0.1, 0.15) is 0 Å². The van der Waals surface area contributed by atoms with Crippen LogP contribution in [0.5, 0.6) is 0 Å². The van der Waals surface area contributed by atoms with Crippen molar-refractivity contribution in [1.82, 2.24) is 4.90 Å². The van der Waals surface area contributed by atoms with Crippen LogP contribution in [-0.4, -0.2) is 42.9 Å². The Hall–Kier alpha value is -0.420. The predicted octanol–water partition coefficient (Wildman–Crippen LogP) is 2.28. The van der Waals surface area contributed by atoms with Gasteiger partial charge in [0.25, 0.3) is 0 Å². The molecule has 1 heterocycles. The molecular weight excluding hydrogens is 294 g/mol. The molecule has 1 N–H and O–H groups in total. The summed E-state index contributed by atoms with van der Waals surface area (Å²) in [6.07, 6.45) is 0.541. The smallest absolute Gasteiger partial charge is 0.0624 e. The lowest BCUT2D eigenvalue weighted by Crippen LogP contribution is -2.39. The number of aliphatic hydroxyl groups excluding tert-OH is 1. The van der Waals surface area contributed by atoms with Gasteiger partial charge in [-0.2, -0.15) is 0 Å². The fourth-order valence-corrected chi connectivity index (χ4v) is 2.82. The standard InChI is InChI=1S/C14H20BrNO2/c1-16(8-11-3-2-4-13(15)7-11)9-12-10-18-6-5-14(12)17/h2-4,7,12,14,17H,5-6,8-10H2,1H3. The number of nitrogens with zero attached hydrogens (tertiary/aromatic N) is 1. The summed E-state index contributed by atoms with van der Waals surface area (Å²) in [5.74, 6) is 0.232. The van der Waals surface area contributed by atoms with Crippen molar-refractivity contribution in [3.63, 3.8) is 0 Å². The summed E-state index contributed by atoms with van der Waals surface area (Å²) in [5.41, 5.74) is 1.28. The summed E-state index contributed by atoms with van der Waals surface area (Å²) in [5, 5.41) is 9.91. The average Bonchev–Trinajstić information content (AvgIpc) is 2.32. The van der Waals surface area contributed by atoms with E-state index in [9.17, 15) is 5.11 Å². The van der Waals surface area contributed by atoms with E-state index in [-0.39, 0.29) is 12.0 Å². The molecule has 0 bridgehead atoms. The minimum atomic E-state index is -0.219. The first-order valence-corrected chi connectivity index (χ1v) is 7.13. The van der Waals surface area contributed by atoms with Gasteiger partial charge in [-0.05, 0) is 31.2 Å². The Morgan fingerprint density at radius 3 is 3.06 bits per heavy atom. The maximum Gasteiger partial charge on any atom is 0.0624 e. The van der Waals surface area contributed by atoms with Gasteiger partial charge in [-0.15, -0.1) is 0 Å². The van der Waals surface area contributed by atoms with Crippen LogP contribution in [0, 0.1) is 5.92 Å². The highest BCUT2D eigenvalue weighted by molar-refractivity contribution is 9.10. The molecule has 2 rings (SSSR count). The van der Waals surface area contributed by atoms with Crippen LogP contribution < -0.4 is 0 Å². The molecule has 2 unspecified atom stereocenters. The Morgan fingerprint density at radius 2 is 2.33 bits per heavy atom. The third kappa shape index (κ3) is 4.05. The summed E-state index contributed by atoms with van der Waals surface area (Å²) in [6.45, 7) is 3.12. The van der Waals surface area contributed by atoms with Crippen molar-refractivity contribution in [2.75, 3.05) is 26.8 Å². The molecule has 100 valence electrons. The summed E-state index contributed by atoms with van der Waals surface area (Å²) in [4.78, 5) is 2.24. The van der Waals surface area contributed by atoms with Gasteiger partial charge in [-0.1, -0.05) is 28.1 Å². The minimum absolute atomic E-state index is 0.219. The second-order valence-corrected chi connectivity index (χ2v) is 5.93. The highest BCUT2D eigenvalue weighted by atomic mass is 79.9. The van der Waals surface area contributed by atoms with E-state index < -0.39 is 0 Å². The molecule has 1 aliphatic rings. The molecule has 1 fully saturated rings. The van der Waals surface area contributed by atoms with E-state index in [1.165, 1.54) is 5.56 Å². The molecule has 4 heteroatoms. The van der Waals surface area contributed by atoms with Crippen molar-refractivity contribution >= 4 is 15.9 Å². The second-order valence-electron chi connectivity index (χ2n) is 5.02. The van der Waals surface area contributed by atoms with E-state index in [2.05, 4.69) is 40.0 Å². The van der Waals surface area contributed by atoms with Crippen molar-refractivity contribution in [2.24, 2.45) is 5.92 Å². The maximum atomic E-state index is 9.91. The van der Waals surface area contributed by atoms with E-state index in [1.54, 1.807) is 0 Å². The third-order valence-corrected chi connectivity index (χ3v) is 3.81. The highest BCUT2D eigenvalue weighted by Crippen LogP contribution is 2.17. The quantitative estimate of drug-likeness (QED) is 0.925. The Bertz CT molecular complexity index is 386. The van der Waals surface area contributed by atoms with Gasteiger partial charge in [0.15, 0.2) is 0 Å². The molecule has 1 saturated heterocycles. The zero-order valence-electron chi connectivity index (χ0n) is 10.7. The molecule has 2 atom stereocenters. The zero-order valence-corrected chi connectivity index (χ0v) is 12.3. The second kappa shape index (κ2) is 6.66. The lowest BCUT2D eigenvalue weighted by molar-refractivity contribution is -0.0451. The molecule has 0 spiro atoms. The lowest BCUT2D eigenvalue weighted by Gasteiger charge is -2.31. The molecule has 0 radical (unpaired) electrons. The van der Waals surface area contributed by atoms with E-state index in [0.717, 1.165) is 24.0 Å². The molecule has 0 aliphatic carbocycles. The topological polar surface area (TPSA) is 32.7 Å². The van der Waals surface area contributed by atoms with E-state index in [4.69, 9.17) is 4.74 Å². The molecular formula is C14H20BrNO2. The number of rotatable bonds is 4. The molecule has 1 aromatic rings. The monoisotopic (exact) mass is 313 g/mol. The summed E-state index contributed by atoms with van der Waals surface area (Å²) >= 11 is 3.48. The number of ether oxygens (including phenoxy) is 1. The molecule has 0 saturated carbocycles. The number of benzene rings is 1. The maximum absolute atomic E-state index is 9.91. The van der Waals surface area contributed by atoms with Gasteiger partial charge in [-0.25, -0.2) is 0 Å². The third-order valence-electron chi connectivity index (χ3n) is 3.32. The number of aliphatic hydroxyl groups is 1. The molecule has 18 heavy (non-hydrogen) atoms. The first-order valence-electron chi connectivity index (χ1n) is 6.34. The van der Waals surface area contributed by atoms with E-state index >= 15 is 0 Å². The van der Waals surface area contributed by atoms with E-state index in [1.807, 2.05) is 12.1 Å². The summed E-state index contributed by atoms with van der Waals surface area (Å²) in [7, 11) is 2.09. The van der Waals surface area contributed by atoms with Crippen molar-refractivity contribution in [1.29, 1.82) is 0 Å². The van der Waals surface area contributed by atoms with Crippen LogP contribution >= 0.6 is 15.9 Å². The van der Waals surface area contributed by atoms with Crippen LogP contribution in [0.2, 0.25) is 0 Å². The van der Waals surface area contributed by atoms with Crippen molar-refractivity contribution < 1.29 is 9.84 Å². The largest absolute Gasteiger partial charge is 0.393 e. The lowest BCUT2D eigenvalue weighted by atomic mass is 9.98. The van der Waals surface area contributed by atoms with Crippen LogP contribution in [0.3, 0.4) is 0 Å². The van der Waals surface area contributed by atoms with Gasteiger partial charge in [0.05, 0.1) is 12.7 Å². The highest BCUT2D eigenvalue weighted by Gasteiger charge is 2.24. The predicted molar refractivity (Wildman–Crippen MR) is 75.4 cm³/mol. The fraction of sp³-hybridized carbons (Fsp3) is 0.571. The molecule has 1 aliphatic heterocycles. The first kappa shape index (κ1) is 14.0. The fourth-order valence-electron chi connectivity index (χ4n) is 2.37. The Morgan fingerprint density at radius 1 is 1.50 bits per heavy atom. The number of hydrogen-bond donors (Lipinski definition) is 1. The van der Waals surface area contributed by atoms with Gasteiger partial charge >= 0.3 is 0 Å². The molecule has 1 aromatic carbocycles. The van der Waals surface area contributed by atoms with Crippen LogP contribution in [0.4, 0.5) is 0 Å². The van der Waals surface area contributed by atoms with Gasteiger partial charge in [0, 0.05) is 30.1 Å². The van der Waals surface area contributed by atoms with Crippen LogP contribution in [-0.2, 0) is 11.3 Å². The Balaban J connectivity index is 1.86. The van der Waals surface area contributed by atoms with Crippen LogP contribution in [0.15, 0.2) is 28.7 Å². The molecule has 0 amide bonds. The van der Waals surface area contributed by atoms with Gasteiger partial charge < -0.3 is 14.7 Å². The minimum Gasteiger partial charge on any atom is -0.393 e. The normalized spacial score (nSPS) is 24.4. The van der Waals surface area contributed by atoms with E-state index in [0.29, 0.717) is 13.2 Å². The average molecular weight is 314 g/mol. The Labute approximate surface area is 117 Å². The van der Waals surface area contributed by atoms with Gasteiger partial charge in [0.2, 0.25) is 0 Å². The van der Waals surface area contributed by atoms with Gasteiger partial charge in [-0.3, -0.25) is 0 Å². The van der Waals surface area contributed by atoms with Crippen LogP contribution in [0.1, 0.15) is 12.0 Å². The molecule has 0 aromatic heterocycles. The SMILES string of the molecule is CN(Cc1cccc(Br)c1)CC1COCCC1O. The van der Waals surface area contributed by atoms with Crippen molar-refractivity contribution in [2.45, 2.75) is 19.1 Å². The molecule has 3 nitrogen and oxygen atoms in total. The number of halogens is 1. The summed E-state index contributed by atoms with van der Waals surface area (Å²) in [6, 6.07) is 8.33. The Kier molecular flexibility index (Phi) is 5.18.